The molecule has 0 saturated carbocycles. The second-order valence-electron chi connectivity index (χ2n) is 5.73. The molecule has 0 amide bonds. The van der Waals surface area contributed by atoms with Crippen LogP contribution >= 0.6 is 0 Å². The molecule has 0 saturated heterocycles. The molecule has 1 aliphatic heterocycles. The Kier molecular flexibility index (Phi) is 3.78. The number of quaternary nitrogens is 1. The molecule has 0 unspecified atom stereocenters. The van der Waals surface area contributed by atoms with Gasteiger partial charge in [-0.3, -0.25) is 0 Å². The Hall–Kier alpha value is -1.26. The molecule has 0 aromatic heterocycles. The number of likely N-dealkylation sites (N-methyl/N-ethyl adjacent to an activating group) is 1. The number of anilines is 2. The van der Waals surface area contributed by atoms with Gasteiger partial charge in [-0.1, -0.05) is 6.07 Å². The second kappa shape index (κ2) is 5.16. The minimum Gasteiger partial charge on any atom is -0.399 e. The normalized spacial score (nSPS) is 14.9. The molecule has 18 heavy (non-hydrogen) atoms. The summed E-state index contributed by atoms with van der Waals surface area (Å²) in [6.07, 6.45) is 1.11. The number of aliphatic hydroxyl groups is 1. The number of nitrogens with two attached hydrogens (primary N) is 1. The highest BCUT2D eigenvalue weighted by Gasteiger charge is 2.22. The Balaban J connectivity index is 1.99. The highest BCUT2D eigenvalue weighted by molar-refractivity contribution is 5.64. The van der Waals surface area contributed by atoms with Crippen molar-refractivity contribution in [3.05, 3.63) is 23.8 Å². The zero-order chi connectivity index (χ0) is 13.2. The predicted molar refractivity (Wildman–Crippen MR) is 75.7 cm³/mol. The lowest BCUT2D eigenvalue weighted by Crippen LogP contribution is -2.46. The Labute approximate surface area is 109 Å². The topological polar surface area (TPSA) is 49.5 Å². The molecule has 0 atom stereocenters. The summed E-state index contributed by atoms with van der Waals surface area (Å²) in [6.45, 7) is 4.18. The van der Waals surface area contributed by atoms with Crippen LogP contribution in [0.5, 0.6) is 0 Å². The lowest BCUT2D eigenvalue weighted by atomic mass is 10.1. The smallest absolute Gasteiger partial charge is 0.102 e. The summed E-state index contributed by atoms with van der Waals surface area (Å²) in [7, 11) is 4.32. The fourth-order valence-corrected chi connectivity index (χ4v) is 2.47. The van der Waals surface area contributed by atoms with Crippen molar-refractivity contribution in [1.82, 2.24) is 0 Å². The zero-order valence-electron chi connectivity index (χ0n) is 11.4. The van der Waals surface area contributed by atoms with Gasteiger partial charge in [0.25, 0.3) is 0 Å². The molecule has 2 rings (SSSR count). The van der Waals surface area contributed by atoms with E-state index < -0.39 is 0 Å². The molecular formula is C14H24N3O+. The largest absolute Gasteiger partial charge is 0.399 e. The summed E-state index contributed by atoms with van der Waals surface area (Å²) in [6, 6.07) is 6.20. The summed E-state index contributed by atoms with van der Waals surface area (Å²) >= 11 is 0. The fourth-order valence-electron chi connectivity index (χ4n) is 2.47. The van der Waals surface area contributed by atoms with Crippen LogP contribution in [0.3, 0.4) is 0 Å². The van der Waals surface area contributed by atoms with Gasteiger partial charge in [-0.2, -0.15) is 0 Å². The summed E-state index contributed by atoms with van der Waals surface area (Å²) in [5, 5.41) is 9.04. The molecule has 1 aromatic carbocycles. The van der Waals surface area contributed by atoms with Crippen molar-refractivity contribution in [2.45, 2.75) is 6.42 Å². The molecule has 1 aromatic rings. The number of hydrogen-bond acceptors (Lipinski definition) is 3. The third-order valence-corrected chi connectivity index (χ3v) is 3.78. The highest BCUT2D eigenvalue weighted by Crippen LogP contribution is 2.29. The fraction of sp³-hybridized carbons (Fsp3) is 0.571. The Bertz CT molecular complexity index is 418. The monoisotopic (exact) mass is 250 g/mol. The minimum atomic E-state index is 0.247. The molecule has 0 radical (unpaired) electrons. The van der Waals surface area contributed by atoms with Gasteiger partial charge in [-0.25, -0.2) is 0 Å². The van der Waals surface area contributed by atoms with E-state index in [9.17, 15) is 0 Å². The Morgan fingerprint density at radius 1 is 1.33 bits per heavy atom. The van der Waals surface area contributed by atoms with Crippen molar-refractivity contribution < 1.29 is 9.59 Å². The number of rotatable bonds is 5. The maximum atomic E-state index is 9.04. The van der Waals surface area contributed by atoms with Gasteiger partial charge in [0.05, 0.1) is 33.8 Å². The maximum Gasteiger partial charge on any atom is 0.102 e. The van der Waals surface area contributed by atoms with E-state index in [2.05, 4.69) is 31.1 Å². The van der Waals surface area contributed by atoms with Crippen LogP contribution in [0.4, 0.5) is 11.4 Å². The number of benzene rings is 1. The van der Waals surface area contributed by atoms with Crippen LogP contribution in [-0.2, 0) is 6.42 Å². The molecule has 1 aliphatic rings. The van der Waals surface area contributed by atoms with Crippen molar-refractivity contribution >= 4 is 11.4 Å². The summed E-state index contributed by atoms with van der Waals surface area (Å²) in [5.74, 6) is 0. The van der Waals surface area contributed by atoms with Crippen LogP contribution in [-0.4, -0.2) is 56.5 Å². The van der Waals surface area contributed by atoms with Crippen LogP contribution in [0.25, 0.3) is 0 Å². The van der Waals surface area contributed by atoms with Crippen molar-refractivity contribution in [2.75, 3.05) is 57.5 Å². The predicted octanol–water partition coefficient (Wildman–Crippen LogP) is 0.700. The van der Waals surface area contributed by atoms with E-state index >= 15 is 0 Å². The first-order chi connectivity index (χ1) is 8.52. The van der Waals surface area contributed by atoms with Crippen molar-refractivity contribution in [1.29, 1.82) is 0 Å². The third-order valence-electron chi connectivity index (χ3n) is 3.78. The minimum absolute atomic E-state index is 0.247. The van der Waals surface area contributed by atoms with Crippen molar-refractivity contribution in [3.63, 3.8) is 0 Å². The number of aliphatic hydroxyl groups excluding tert-OH is 1. The Morgan fingerprint density at radius 3 is 2.83 bits per heavy atom. The van der Waals surface area contributed by atoms with Gasteiger partial charge in [0.1, 0.15) is 6.54 Å². The molecule has 4 nitrogen and oxygen atoms in total. The molecule has 1 heterocycles. The molecule has 0 spiro atoms. The lowest BCUT2D eigenvalue weighted by Gasteiger charge is -2.31. The molecule has 4 heteroatoms. The zero-order valence-corrected chi connectivity index (χ0v) is 11.4. The third kappa shape index (κ3) is 2.94. The van der Waals surface area contributed by atoms with E-state index in [1.165, 1.54) is 11.3 Å². The highest BCUT2D eigenvalue weighted by atomic mass is 16.3. The SMILES string of the molecule is C[N+](C)(CCO)CCN1CCc2ccc(N)cc21. The first-order valence-corrected chi connectivity index (χ1v) is 6.58. The van der Waals surface area contributed by atoms with E-state index in [1.807, 2.05) is 6.07 Å². The molecule has 0 fully saturated rings. The molecule has 0 bridgehead atoms. The van der Waals surface area contributed by atoms with Gasteiger partial charge in [-0.15, -0.1) is 0 Å². The lowest BCUT2D eigenvalue weighted by molar-refractivity contribution is -0.889. The summed E-state index contributed by atoms with van der Waals surface area (Å²) < 4.78 is 0.852. The van der Waals surface area contributed by atoms with E-state index in [0.717, 1.165) is 42.8 Å². The molecular weight excluding hydrogens is 226 g/mol. The van der Waals surface area contributed by atoms with Gasteiger partial charge < -0.3 is 20.2 Å². The maximum absolute atomic E-state index is 9.04. The number of nitrogens with zero attached hydrogens (tertiary/aromatic N) is 2. The van der Waals surface area contributed by atoms with Crippen LogP contribution in [0, 0.1) is 0 Å². The Morgan fingerprint density at radius 2 is 2.11 bits per heavy atom. The first kappa shape index (κ1) is 13.2. The van der Waals surface area contributed by atoms with Gasteiger partial charge >= 0.3 is 0 Å². The number of hydrogen-bond donors (Lipinski definition) is 2. The first-order valence-electron chi connectivity index (χ1n) is 6.58. The summed E-state index contributed by atoms with van der Waals surface area (Å²) in [5.41, 5.74) is 9.39. The van der Waals surface area contributed by atoms with E-state index in [1.54, 1.807) is 0 Å². The van der Waals surface area contributed by atoms with Crippen LogP contribution in [0.15, 0.2) is 18.2 Å². The quantitative estimate of drug-likeness (QED) is 0.597. The van der Waals surface area contributed by atoms with E-state index in [4.69, 9.17) is 10.8 Å². The van der Waals surface area contributed by atoms with Gasteiger partial charge in [0.15, 0.2) is 0 Å². The number of fused-ring (bicyclic) bond motifs is 1. The van der Waals surface area contributed by atoms with E-state index in [-0.39, 0.29) is 6.61 Å². The van der Waals surface area contributed by atoms with Gasteiger partial charge in [0.2, 0.25) is 0 Å². The van der Waals surface area contributed by atoms with Gasteiger partial charge in [-0.05, 0) is 24.1 Å². The van der Waals surface area contributed by atoms with Crippen LogP contribution in [0.2, 0.25) is 0 Å². The average Bonchev–Trinajstić information content (AvgIpc) is 2.69. The molecule has 0 aliphatic carbocycles. The molecule has 3 N–H and O–H groups in total. The van der Waals surface area contributed by atoms with Crippen molar-refractivity contribution in [2.24, 2.45) is 0 Å². The van der Waals surface area contributed by atoms with Crippen LogP contribution in [0.1, 0.15) is 5.56 Å². The number of nitrogen functional groups attached to an aromatic ring is 1. The average molecular weight is 250 g/mol. The van der Waals surface area contributed by atoms with Gasteiger partial charge in [0, 0.05) is 17.9 Å². The summed E-state index contributed by atoms with van der Waals surface area (Å²) in [4.78, 5) is 2.41. The standard InChI is InChI=1S/C14H24N3O/c1-17(2,9-10-18)8-7-16-6-5-12-3-4-13(15)11-14(12)16/h3-4,11,18H,5-10,15H2,1-2H3/q+1. The second-order valence-corrected chi connectivity index (χ2v) is 5.73. The van der Waals surface area contributed by atoms with Crippen molar-refractivity contribution in [3.8, 4) is 0 Å². The van der Waals surface area contributed by atoms with Crippen LogP contribution < -0.4 is 10.6 Å². The van der Waals surface area contributed by atoms with E-state index in [0.29, 0.717) is 0 Å². The molecule has 100 valence electrons.